The fourth-order valence-electron chi connectivity index (χ4n) is 2.14. The molecule has 0 heterocycles. The number of hydrogen-bond acceptors (Lipinski definition) is 2. The zero-order valence-corrected chi connectivity index (χ0v) is 11.5. The number of ether oxygens (including phenoxy) is 1. The predicted octanol–water partition coefficient (Wildman–Crippen LogP) is 3.26. The first kappa shape index (κ1) is 14.0. The van der Waals surface area contributed by atoms with Crippen molar-refractivity contribution in [3.8, 4) is 5.75 Å². The molecule has 0 aliphatic carbocycles. The highest BCUT2D eigenvalue weighted by Gasteiger charge is 2.10. The van der Waals surface area contributed by atoms with Crippen LogP contribution in [0.15, 0.2) is 24.3 Å². The molecule has 1 aromatic carbocycles. The van der Waals surface area contributed by atoms with E-state index in [0.717, 1.165) is 24.6 Å². The summed E-state index contributed by atoms with van der Waals surface area (Å²) >= 11 is 0. The van der Waals surface area contributed by atoms with Crippen molar-refractivity contribution < 1.29 is 4.74 Å². The van der Waals surface area contributed by atoms with Gasteiger partial charge in [-0.15, -0.1) is 0 Å². The summed E-state index contributed by atoms with van der Waals surface area (Å²) in [6.07, 6.45) is 2.32. The number of rotatable bonds is 7. The molecule has 0 aliphatic heterocycles. The van der Waals surface area contributed by atoms with Gasteiger partial charge in [-0.3, -0.25) is 0 Å². The molecule has 1 unspecified atom stereocenters. The lowest BCUT2D eigenvalue weighted by atomic mass is 9.97. The predicted molar refractivity (Wildman–Crippen MR) is 73.6 cm³/mol. The Balaban J connectivity index is 2.58. The van der Waals surface area contributed by atoms with E-state index in [0.29, 0.717) is 6.04 Å². The third-order valence-corrected chi connectivity index (χ3v) is 2.89. The van der Waals surface area contributed by atoms with Gasteiger partial charge in [-0.25, -0.2) is 0 Å². The standard InChI is InChI=1S/C15H25NO/c1-5-16-14(10-12(2)3)11-13-6-8-15(17-4)9-7-13/h6-9,12,14,16H,5,10-11H2,1-4H3. The summed E-state index contributed by atoms with van der Waals surface area (Å²) in [6, 6.07) is 8.96. The highest BCUT2D eigenvalue weighted by Crippen LogP contribution is 2.15. The molecule has 2 heteroatoms. The SMILES string of the molecule is CCNC(Cc1ccc(OC)cc1)CC(C)C. The molecule has 0 radical (unpaired) electrons. The molecule has 17 heavy (non-hydrogen) atoms. The van der Waals surface area contributed by atoms with Crippen molar-refractivity contribution in [2.45, 2.75) is 39.7 Å². The van der Waals surface area contributed by atoms with Crippen LogP contribution in [0.4, 0.5) is 0 Å². The molecule has 2 nitrogen and oxygen atoms in total. The molecule has 96 valence electrons. The summed E-state index contributed by atoms with van der Waals surface area (Å²) in [7, 11) is 1.70. The lowest BCUT2D eigenvalue weighted by molar-refractivity contribution is 0.413. The van der Waals surface area contributed by atoms with Crippen LogP contribution in [-0.4, -0.2) is 19.7 Å². The summed E-state index contributed by atoms with van der Waals surface area (Å²) in [5.74, 6) is 1.66. The average Bonchev–Trinajstić information content (AvgIpc) is 2.29. The van der Waals surface area contributed by atoms with E-state index in [-0.39, 0.29) is 0 Å². The third kappa shape index (κ3) is 5.22. The van der Waals surface area contributed by atoms with Crippen molar-refractivity contribution in [2.24, 2.45) is 5.92 Å². The van der Waals surface area contributed by atoms with E-state index < -0.39 is 0 Å². The first-order chi connectivity index (χ1) is 8.15. The maximum Gasteiger partial charge on any atom is 0.118 e. The van der Waals surface area contributed by atoms with Crippen molar-refractivity contribution in [2.75, 3.05) is 13.7 Å². The van der Waals surface area contributed by atoms with Crippen LogP contribution in [0.2, 0.25) is 0 Å². The first-order valence-electron chi connectivity index (χ1n) is 6.52. The number of nitrogens with one attached hydrogen (secondary N) is 1. The zero-order valence-electron chi connectivity index (χ0n) is 11.5. The van der Waals surface area contributed by atoms with Gasteiger partial charge in [-0.1, -0.05) is 32.9 Å². The maximum atomic E-state index is 5.17. The molecule has 0 saturated heterocycles. The van der Waals surface area contributed by atoms with E-state index in [9.17, 15) is 0 Å². The van der Waals surface area contributed by atoms with Gasteiger partial charge in [-0.2, -0.15) is 0 Å². The highest BCUT2D eigenvalue weighted by atomic mass is 16.5. The van der Waals surface area contributed by atoms with Crippen LogP contribution in [0.25, 0.3) is 0 Å². The quantitative estimate of drug-likeness (QED) is 0.783. The van der Waals surface area contributed by atoms with Crippen molar-refractivity contribution in [3.63, 3.8) is 0 Å². The van der Waals surface area contributed by atoms with Crippen molar-refractivity contribution in [1.29, 1.82) is 0 Å². The minimum Gasteiger partial charge on any atom is -0.497 e. The Morgan fingerprint density at radius 3 is 2.29 bits per heavy atom. The van der Waals surface area contributed by atoms with Gasteiger partial charge in [0.15, 0.2) is 0 Å². The largest absolute Gasteiger partial charge is 0.497 e. The van der Waals surface area contributed by atoms with E-state index >= 15 is 0 Å². The minimum absolute atomic E-state index is 0.577. The fraction of sp³-hybridized carbons (Fsp3) is 0.600. The van der Waals surface area contributed by atoms with Crippen LogP contribution in [0, 0.1) is 5.92 Å². The second kappa shape index (κ2) is 7.33. The third-order valence-electron chi connectivity index (χ3n) is 2.89. The number of likely N-dealkylation sites (N-methyl/N-ethyl adjacent to an activating group) is 1. The summed E-state index contributed by atoms with van der Waals surface area (Å²) < 4.78 is 5.17. The normalized spacial score (nSPS) is 12.8. The van der Waals surface area contributed by atoms with E-state index in [1.807, 2.05) is 12.1 Å². The Morgan fingerprint density at radius 1 is 1.18 bits per heavy atom. The Morgan fingerprint density at radius 2 is 1.82 bits per heavy atom. The van der Waals surface area contributed by atoms with Gasteiger partial charge < -0.3 is 10.1 Å². The number of methoxy groups -OCH3 is 1. The molecule has 0 aromatic heterocycles. The van der Waals surface area contributed by atoms with Crippen LogP contribution in [0.1, 0.15) is 32.8 Å². The van der Waals surface area contributed by atoms with Crippen LogP contribution >= 0.6 is 0 Å². The number of hydrogen-bond donors (Lipinski definition) is 1. The molecule has 1 rings (SSSR count). The molecule has 0 saturated carbocycles. The van der Waals surface area contributed by atoms with Gasteiger partial charge in [-0.05, 0) is 43.0 Å². The molecule has 0 spiro atoms. The Kier molecular flexibility index (Phi) is 6.06. The second-order valence-electron chi connectivity index (χ2n) is 4.94. The Labute approximate surface area is 105 Å². The molecule has 1 N–H and O–H groups in total. The molecule has 0 fully saturated rings. The Hall–Kier alpha value is -1.02. The van der Waals surface area contributed by atoms with Gasteiger partial charge in [0.1, 0.15) is 5.75 Å². The highest BCUT2D eigenvalue weighted by molar-refractivity contribution is 5.27. The summed E-state index contributed by atoms with van der Waals surface area (Å²) in [5.41, 5.74) is 1.37. The van der Waals surface area contributed by atoms with Gasteiger partial charge >= 0.3 is 0 Å². The molecule has 0 amide bonds. The monoisotopic (exact) mass is 235 g/mol. The maximum absolute atomic E-state index is 5.17. The lowest BCUT2D eigenvalue weighted by Gasteiger charge is -2.20. The molecule has 1 atom stereocenters. The van der Waals surface area contributed by atoms with E-state index in [1.54, 1.807) is 7.11 Å². The van der Waals surface area contributed by atoms with Crippen molar-refractivity contribution in [3.05, 3.63) is 29.8 Å². The molecule has 0 aliphatic rings. The molecule has 1 aromatic rings. The van der Waals surface area contributed by atoms with E-state index in [4.69, 9.17) is 4.74 Å². The topological polar surface area (TPSA) is 21.3 Å². The van der Waals surface area contributed by atoms with E-state index in [1.165, 1.54) is 12.0 Å². The molecular formula is C15H25NO. The average molecular weight is 235 g/mol. The van der Waals surface area contributed by atoms with Crippen LogP contribution < -0.4 is 10.1 Å². The second-order valence-corrected chi connectivity index (χ2v) is 4.94. The van der Waals surface area contributed by atoms with E-state index in [2.05, 4.69) is 38.2 Å². The van der Waals surface area contributed by atoms with Gasteiger partial charge in [0.2, 0.25) is 0 Å². The smallest absolute Gasteiger partial charge is 0.118 e. The molecular weight excluding hydrogens is 210 g/mol. The Bertz CT molecular complexity index is 305. The minimum atomic E-state index is 0.577. The van der Waals surface area contributed by atoms with Crippen molar-refractivity contribution in [1.82, 2.24) is 5.32 Å². The summed E-state index contributed by atoms with van der Waals surface area (Å²) in [4.78, 5) is 0. The van der Waals surface area contributed by atoms with Crippen molar-refractivity contribution >= 4 is 0 Å². The van der Waals surface area contributed by atoms with Crippen LogP contribution in [0.5, 0.6) is 5.75 Å². The lowest BCUT2D eigenvalue weighted by Crippen LogP contribution is -2.32. The van der Waals surface area contributed by atoms with Crippen LogP contribution in [-0.2, 0) is 6.42 Å². The summed E-state index contributed by atoms with van der Waals surface area (Å²) in [6.45, 7) is 7.76. The first-order valence-corrected chi connectivity index (χ1v) is 6.52. The van der Waals surface area contributed by atoms with Gasteiger partial charge in [0, 0.05) is 6.04 Å². The van der Waals surface area contributed by atoms with Gasteiger partial charge in [0.05, 0.1) is 7.11 Å². The van der Waals surface area contributed by atoms with Gasteiger partial charge in [0.25, 0.3) is 0 Å². The molecule has 0 bridgehead atoms. The number of benzene rings is 1. The zero-order chi connectivity index (χ0) is 12.7. The fourth-order valence-corrected chi connectivity index (χ4v) is 2.14. The summed E-state index contributed by atoms with van der Waals surface area (Å²) in [5, 5.41) is 3.56. The van der Waals surface area contributed by atoms with Crippen LogP contribution in [0.3, 0.4) is 0 Å².